The van der Waals surface area contributed by atoms with Crippen LogP contribution >= 0.6 is 15.9 Å². The summed E-state index contributed by atoms with van der Waals surface area (Å²) in [6, 6.07) is 5.49. The van der Waals surface area contributed by atoms with Crippen molar-refractivity contribution < 1.29 is 4.92 Å². The van der Waals surface area contributed by atoms with Crippen molar-refractivity contribution in [2.45, 2.75) is 19.0 Å². The first-order valence-corrected chi connectivity index (χ1v) is 6.71. The number of benzene rings is 1. The van der Waals surface area contributed by atoms with Crippen molar-refractivity contribution in [3.63, 3.8) is 0 Å². The predicted molar refractivity (Wildman–Crippen MR) is 73.5 cm³/mol. The van der Waals surface area contributed by atoms with Crippen LogP contribution in [0.1, 0.15) is 12.0 Å². The van der Waals surface area contributed by atoms with Gasteiger partial charge in [-0.05, 0) is 31.6 Å². The van der Waals surface area contributed by atoms with E-state index in [1.165, 1.54) is 0 Å². The Bertz CT molecular complexity index is 447. The Hall–Kier alpha value is -0.980. The van der Waals surface area contributed by atoms with Gasteiger partial charge in [-0.1, -0.05) is 15.9 Å². The van der Waals surface area contributed by atoms with Crippen LogP contribution < -0.4 is 5.32 Å². The molecule has 1 aromatic rings. The number of halogens is 1. The molecule has 0 amide bonds. The van der Waals surface area contributed by atoms with Gasteiger partial charge in [-0.25, -0.2) is 0 Å². The molecule has 6 heteroatoms. The summed E-state index contributed by atoms with van der Waals surface area (Å²) in [5.41, 5.74) is 1.20. The fourth-order valence-corrected chi connectivity index (χ4v) is 2.68. The molecule has 1 aromatic carbocycles. The number of hydrogen-bond donors (Lipinski definition) is 1. The van der Waals surface area contributed by atoms with Crippen molar-refractivity contribution in [1.82, 2.24) is 10.2 Å². The highest BCUT2D eigenvalue weighted by molar-refractivity contribution is 9.10. The first kappa shape index (κ1) is 13.5. The molecule has 1 unspecified atom stereocenters. The molecule has 0 bridgehead atoms. The highest BCUT2D eigenvalue weighted by atomic mass is 79.9. The molecule has 0 aliphatic carbocycles. The van der Waals surface area contributed by atoms with Gasteiger partial charge in [0.15, 0.2) is 0 Å². The van der Waals surface area contributed by atoms with E-state index in [0.717, 1.165) is 36.1 Å². The van der Waals surface area contributed by atoms with E-state index in [1.807, 2.05) is 6.07 Å². The number of nitro groups is 1. The SMILES string of the molecule is CN(Cc1ccc([N+](=O)[O-])cc1Br)C1CCNC1. The molecule has 1 atom stereocenters. The van der Waals surface area contributed by atoms with Crippen molar-refractivity contribution in [1.29, 1.82) is 0 Å². The molecule has 1 fully saturated rings. The van der Waals surface area contributed by atoms with Gasteiger partial charge in [-0.3, -0.25) is 15.0 Å². The molecule has 2 rings (SSSR count). The normalized spacial score (nSPS) is 19.4. The van der Waals surface area contributed by atoms with E-state index < -0.39 is 0 Å². The topological polar surface area (TPSA) is 58.4 Å². The number of rotatable bonds is 4. The van der Waals surface area contributed by atoms with Crippen LogP contribution in [0.3, 0.4) is 0 Å². The summed E-state index contributed by atoms with van der Waals surface area (Å²) >= 11 is 3.41. The third-order valence-electron chi connectivity index (χ3n) is 3.32. The van der Waals surface area contributed by atoms with Crippen LogP contribution in [-0.4, -0.2) is 36.0 Å². The van der Waals surface area contributed by atoms with Crippen LogP contribution in [0.15, 0.2) is 22.7 Å². The highest BCUT2D eigenvalue weighted by Gasteiger charge is 2.20. The molecule has 1 saturated heterocycles. The lowest BCUT2D eigenvalue weighted by atomic mass is 10.1. The molecule has 0 radical (unpaired) electrons. The zero-order chi connectivity index (χ0) is 13.1. The lowest BCUT2D eigenvalue weighted by Crippen LogP contribution is -2.32. The summed E-state index contributed by atoms with van der Waals surface area (Å²) in [5.74, 6) is 0. The molecule has 18 heavy (non-hydrogen) atoms. The van der Waals surface area contributed by atoms with Gasteiger partial charge < -0.3 is 5.32 Å². The van der Waals surface area contributed by atoms with Crippen LogP contribution in [0.25, 0.3) is 0 Å². The van der Waals surface area contributed by atoms with Crippen LogP contribution in [0.2, 0.25) is 0 Å². The van der Waals surface area contributed by atoms with Crippen LogP contribution in [-0.2, 0) is 6.54 Å². The van der Waals surface area contributed by atoms with Gasteiger partial charge in [-0.15, -0.1) is 0 Å². The predicted octanol–water partition coefficient (Wildman–Crippen LogP) is 2.15. The Morgan fingerprint density at radius 3 is 2.94 bits per heavy atom. The molecule has 1 heterocycles. The second-order valence-electron chi connectivity index (χ2n) is 4.59. The molecule has 0 spiro atoms. The third kappa shape index (κ3) is 3.07. The Morgan fingerprint density at radius 2 is 2.39 bits per heavy atom. The minimum Gasteiger partial charge on any atom is -0.315 e. The summed E-state index contributed by atoms with van der Waals surface area (Å²) in [5, 5.41) is 14.0. The van der Waals surface area contributed by atoms with Gasteiger partial charge >= 0.3 is 0 Å². The number of nitro benzene ring substituents is 1. The maximum atomic E-state index is 10.7. The molecule has 5 nitrogen and oxygen atoms in total. The first-order chi connectivity index (χ1) is 8.58. The van der Waals surface area contributed by atoms with E-state index in [-0.39, 0.29) is 10.6 Å². The van der Waals surface area contributed by atoms with Gasteiger partial charge in [0.25, 0.3) is 5.69 Å². The third-order valence-corrected chi connectivity index (χ3v) is 4.06. The molecular weight excluding hydrogens is 298 g/mol. The summed E-state index contributed by atoms with van der Waals surface area (Å²) in [7, 11) is 2.09. The number of hydrogen-bond acceptors (Lipinski definition) is 4. The Balaban J connectivity index is 2.06. The molecule has 0 saturated carbocycles. The lowest BCUT2D eigenvalue weighted by Gasteiger charge is -2.23. The smallest absolute Gasteiger partial charge is 0.270 e. The molecule has 98 valence electrons. The Morgan fingerprint density at radius 1 is 1.61 bits per heavy atom. The number of likely N-dealkylation sites (N-methyl/N-ethyl adjacent to an activating group) is 1. The van der Waals surface area contributed by atoms with Crippen molar-refractivity contribution >= 4 is 21.6 Å². The second-order valence-corrected chi connectivity index (χ2v) is 5.45. The first-order valence-electron chi connectivity index (χ1n) is 5.91. The standard InChI is InChI=1S/C12H16BrN3O2/c1-15(11-4-5-14-7-11)8-9-2-3-10(16(17)18)6-12(9)13/h2-3,6,11,14H,4-5,7-8H2,1H3. The van der Waals surface area contributed by atoms with E-state index >= 15 is 0 Å². The van der Waals surface area contributed by atoms with Crippen LogP contribution in [0, 0.1) is 10.1 Å². The minimum atomic E-state index is -0.376. The second kappa shape index (κ2) is 5.77. The molecule has 1 aliphatic heterocycles. The van der Waals surface area contributed by atoms with Gasteiger partial charge in [0.1, 0.15) is 0 Å². The van der Waals surface area contributed by atoms with Gasteiger partial charge in [0.05, 0.1) is 4.92 Å². The van der Waals surface area contributed by atoms with E-state index in [2.05, 4.69) is 33.2 Å². The summed E-state index contributed by atoms with van der Waals surface area (Å²) < 4.78 is 0.800. The van der Waals surface area contributed by atoms with Gasteiger partial charge in [0.2, 0.25) is 0 Å². The molecular formula is C12H16BrN3O2. The van der Waals surface area contributed by atoms with E-state index in [0.29, 0.717) is 6.04 Å². The zero-order valence-corrected chi connectivity index (χ0v) is 11.8. The number of non-ortho nitro benzene ring substituents is 1. The summed E-state index contributed by atoms with van der Waals surface area (Å²) in [6.45, 7) is 2.88. The monoisotopic (exact) mass is 313 g/mol. The lowest BCUT2D eigenvalue weighted by molar-refractivity contribution is -0.384. The fraction of sp³-hybridized carbons (Fsp3) is 0.500. The Labute approximate surface area is 114 Å². The number of nitrogens with one attached hydrogen (secondary N) is 1. The van der Waals surface area contributed by atoms with Crippen molar-refractivity contribution in [3.05, 3.63) is 38.3 Å². The van der Waals surface area contributed by atoms with Crippen molar-refractivity contribution in [2.75, 3.05) is 20.1 Å². The molecule has 1 N–H and O–H groups in total. The largest absolute Gasteiger partial charge is 0.315 e. The zero-order valence-electron chi connectivity index (χ0n) is 10.2. The summed E-state index contributed by atoms with van der Waals surface area (Å²) in [6.07, 6.45) is 1.15. The average molecular weight is 314 g/mol. The fourth-order valence-electron chi connectivity index (χ4n) is 2.19. The van der Waals surface area contributed by atoms with E-state index in [9.17, 15) is 10.1 Å². The van der Waals surface area contributed by atoms with Crippen LogP contribution in [0.5, 0.6) is 0 Å². The number of nitrogens with zero attached hydrogens (tertiary/aromatic N) is 2. The maximum Gasteiger partial charge on any atom is 0.270 e. The quantitative estimate of drug-likeness (QED) is 0.683. The molecule has 0 aromatic heterocycles. The van der Waals surface area contributed by atoms with Gasteiger partial charge in [0, 0.05) is 35.7 Å². The minimum absolute atomic E-state index is 0.121. The van der Waals surface area contributed by atoms with Crippen molar-refractivity contribution in [3.8, 4) is 0 Å². The van der Waals surface area contributed by atoms with Crippen molar-refractivity contribution in [2.24, 2.45) is 0 Å². The Kier molecular flexibility index (Phi) is 4.31. The van der Waals surface area contributed by atoms with Crippen LogP contribution in [0.4, 0.5) is 5.69 Å². The van der Waals surface area contributed by atoms with E-state index in [4.69, 9.17) is 0 Å². The van der Waals surface area contributed by atoms with E-state index in [1.54, 1.807) is 12.1 Å². The highest BCUT2D eigenvalue weighted by Crippen LogP contribution is 2.24. The summed E-state index contributed by atoms with van der Waals surface area (Å²) in [4.78, 5) is 12.6. The maximum absolute atomic E-state index is 10.7. The van der Waals surface area contributed by atoms with Gasteiger partial charge in [-0.2, -0.15) is 0 Å². The average Bonchev–Trinajstić information content (AvgIpc) is 2.85. The molecule has 1 aliphatic rings.